The highest BCUT2D eigenvalue weighted by atomic mass is 32.2. The number of sulfone groups is 1. The third-order valence-electron chi connectivity index (χ3n) is 1.58. The molecule has 0 aliphatic carbocycles. The first kappa shape index (κ1) is 9.85. The molecule has 0 saturated heterocycles. The van der Waals surface area contributed by atoms with Gasteiger partial charge in [0.05, 0.1) is 5.75 Å². The van der Waals surface area contributed by atoms with Gasteiger partial charge in [0.1, 0.15) is 0 Å². The first-order chi connectivity index (χ1) is 5.88. The summed E-state index contributed by atoms with van der Waals surface area (Å²) in [5.41, 5.74) is 12.6. The molecule has 0 saturated carbocycles. The molecule has 13 heavy (non-hydrogen) atoms. The number of hydrogen-bond donors (Lipinski definition) is 2. The van der Waals surface area contributed by atoms with Crippen molar-refractivity contribution in [1.82, 2.24) is 0 Å². The van der Waals surface area contributed by atoms with Crippen LogP contribution in [0.3, 0.4) is 0 Å². The third-order valence-corrected chi connectivity index (χ3v) is 2.42. The van der Waals surface area contributed by atoms with Gasteiger partial charge in [-0.3, -0.25) is 0 Å². The Kier molecular flexibility index (Phi) is 2.47. The van der Waals surface area contributed by atoms with Gasteiger partial charge in [0.25, 0.3) is 0 Å². The smallest absolute Gasteiger partial charge is 0.151 e. The van der Waals surface area contributed by atoms with Gasteiger partial charge < -0.3 is 11.5 Å². The van der Waals surface area contributed by atoms with E-state index in [0.29, 0.717) is 16.9 Å². The summed E-state index contributed by atoms with van der Waals surface area (Å²) in [5, 5.41) is 0. The maximum atomic E-state index is 11.0. The average molecular weight is 200 g/mol. The lowest BCUT2D eigenvalue weighted by atomic mass is 10.2. The largest absolute Gasteiger partial charge is 0.399 e. The van der Waals surface area contributed by atoms with Crippen molar-refractivity contribution in [1.29, 1.82) is 0 Å². The molecule has 0 aliphatic heterocycles. The Balaban J connectivity index is 3.08. The fraction of sp³-hybridized carbons (Fsp3) is 0.250. The van der Waals surface area contributed by atoms with E-state index in [9.17, 15) is 8.42 Å². The highest BCUT2D eigenvalue weighted by Gasteiger charge is 2.07. The Bertz CT molecular complexity index is 412. The zero-order valence-corrected chi connectivity index (χ0v) is 8.14. The van der Waals surface area contributed by atoms with Crippen LogP contribution in [0.4, 0.5) is 11.4 Å². The molecule has 0 heterocycles. The predicted molar refractivity (Wildman–Crippen MR) is 53.8 cm³/mol. The van der Waals surface area contributed by atoms with E-state index in [1.807, 2.05) is 0 Å². The molecule has 5 heteroatoms. The average Bonchev–Trinajstić information content (AvgIpc) is 1.94. The van der Waals surface area contributed by atoms with E-state index in [-0.39, 0.29) is 5.75 Å². The van der Waals surface area contributed by atoms with Gasteiger partial charge in [-0.2, -0.15) is 0 Å². The minimum absolute atomic E-state index is 0.0656. The van der Waals surface area contributed by atoms with Gasteiger partial charge in [0, 0.05) is 17.6 Å². The lowest BCUT2D eigenvalue weighted by Gasteiger charge is -2.04. The van der Waals surface area contributed by atoms with Crippen molar-refractivity contribution in [2.24, 2.45) is 0 Å². The van der Waals surface area contributed by atoms with Gasteiger partial charge in [-0.05, 0) is 23.8 Å². The van der Waals surface area contributed by atoms with Gasteiger partial charge in [0.15, 0.2) is 9.84 Å². The fourth-order valence-electron chi connectivity index (χ4n) is 1.03. The highest BCUT2D eigenvalue weighted by molar-refractivity contribution is 7.89. The first-order valence-corrected chi connectivity index (χ1v) is 5.76. The third kappa shape index (κ3) is 2.95. The van der Waals surface area contributed by atoms with Gasteiger partial charge in [0.2, 0.25) is 0 Å². The second-order valence-electron chi connectivity index (χ2n) is 3.03. The number of nitrogen functional groups attached to an aromatic ring is 2. The van der Waals surface area contributed by atoms with Gasteiger partial charge in [-0.15, -0.1) is 0 Å². The highest BCUT2D eigenvalue weighted by Crippen LogP contribution is 2.17. The van der Waals surface area contributed by atoms with E-state index in [4.69, 9.17) is 11.5 Å². The number of benzene rings is 1. The SMILES string of the molecule is CS(=O)(=O)Cc1cc(N)ccc1N. The molecular formula is C8H12N2O2S. The fourth-order valence-corrected chi connectivity index (χ4v) is 1.85. The second-order valence-corrected chi connectivity index (χ2v) is 5.17. The maximum Gasteiger partial charge on any atom is 0.151 e. The van der Waals surface area contributed by atoms with Crippen molar-refractivity contribution in [3.05, 3.63) is 23.8 Å². The second kappa shape index (κ2) is 3.26. The molecule has 0 amide bonds. The Morgan fingerprint density at radius 1 is 1.31 bits per heavy atom. The molecular weight excluding hydrogens is 188 g/mol. The van der Waals surface area contributed by atoms with Crippen LogP contribution in [0.2, 0.25) is 0 Å². The summed E-state index contributed by atoms with van der Waals surface area (Å²) >= 11 is 0. The van der Waals surface area contributed by atoms with E-state index in [1.54, 1.807) is 18.2 Å². The van der Waals surface area contributed by atoms with Crippen LogP contribution in [-0.4, -0.2) is 14.7 Å². The van der Waals surface area contributed by atoms with Gasteiger partial charge >= 0.3 is 0 Å². The van der Waals surface area contributed by atoms with Crippen molar-refractivity contribution in [2.45, 2.75) is 5.75 Å². The van der Waals surface area contributed by atoms with Gasteiger partial charge in [-0.25, -0.2) is 8.42 Å². The van der Waals surface area contributed by atoms with E-state index >= 15 is 0 Å². The van der Waals surface area contributed by atoms with E-state index in [1.165, 1.54) is 0 Å². The van der Waals surface area contributed by atoms with Crippen LogP contribution in [-0.2, 0) is 15.6 Å². The van der Waals surface area contributed by atoms with Crippen LogP contribution in [0.25, 0.3) is 0 Å². The van der Waals surface area contributed by atoms with Crippen molar-refractivity contribution in [2.75, 3.05) is 17.7 Å². The van der Waals surface area contributed by atoms with E-state index in [0.717, 1.165) is 6.26 Å². The summed E-state index contributed by atoms with van der Waals surface area (Å²) in [7, 11) is -3.05. The van der Waals surface area contributed by atoms with Crippen LogP contribution >= 0.6 is 0 Å². The molecule has 0 bridgehead atoms. The van der Waals surface area contributed by atoms with Crippen molar-refractivity contribution >= 4 is 21.2 Å². The standard InChI is InChI=1S/C8H12N2O2S/c1-13(11,12)5-6-4-7(9)2-3-8(6)10/h2-4H,5,9-10H2,1H3. The molecule has 0 spiro atoms. The van der Waals surface area contributed by atoms with Crippen LogP contribution in [0.1, 0.15) is 5.56 Å². The minimum atomic E-state index is -3.05. The number of anilines is 2. The summed E-state index contributed by atoms with van der Waals surface area (Å²) in [6, 6.07) is 4.83. The molecule has 0 radical (unpaired) electrons. The number of rotatable bonds is 2. The van der Waals surface area contributed by atoms with Crippen molar-refractivity contribution < 1.29 is 8.42 Å². The monoisotopic (exact) mass is 200 g/mol. The zero-order valence-electron chi connectivity index (χ0n) is 7.32. The van der Waals surface area contributed by atoms with Crippen LogP contribution in [0.5, 0.6) is 0 Å². The molecule has 0 unspecified atom stereocenters. The van der Waals surface area contributed by atoms with E-state index < -0.39 is 9.84 Å². The van der Waals surface area contributed by atoms with Gasteiger partial charge in [-0.1, -0.05) is 0 Å². The molecule has 0 fully saturated rings. The molecule has 4 N–H and O–H groups in total. The Morgan fingerprint density at radius 2 is 1.92 bits per heavy atom. The molecule has 0 atom stereocenters. The lowest BCUT2D eigenvalue weighted by molar-refractivity contribution is 0.601. The Hall–Kier alpha value is -1.23. The predicted octanol–water partition coefficient (Wildman–Crippen LogP) is 0.396. The summed E-state index contributed by atoms with van der Waals surface area (Å²) in [6.45, 7) is 0. The molecule has 72 valence electrons. The number of hydrogen-bond acceptors (Lipinski definition) is 4. The Morgan fingerprint density at radius 3 is 2.46 bits per heavy atom. The van der Waals surface area contributed by atoms with E-state index in [2.05, 4.69) is 0 Å². The normalized spacial score (nSPS) is 11.5. The molecule has 4 nitrogen and oxygen atoms in total. The summed E-state index contributed by atoms with van der Waals surface area (Å²) in [4.78, 5) is 0. The Labute approximate surface area is 77.5 Å². The molecule has 1 aromatic carbocycles. The van der Waals surface area contributed by atoms with Crippen LogP contribution < -0.4 is 11.5 Å². The lowest BCUT2D eigenvalue weighted by Crippen LogP contribution is -2.04. The maximum absolute atomic E-state index is 11.0. The molecule has 0 aliphatic rings. The van der Waals surface area contributed by atoms with Crippen molar-refractivity contribution in [3.63, 3.8) is 0 Å². The topological polar surface area (TPSA) is 86.2 Å². The summed E-state index contributed by atoms with van der Waals surface area (Å²) < 4.78 is 21.9. The minimum Gasteiger partial charge on any atom is -0.399 e. The molecule has 0 aromatic heterocycles. The van der Waals surface area contributed by atoms with Crippen LogP contribution in [0, 0.1) is 0 Å². The molecule has 1 aromatic rings. The first-order valence-electron chi connectivity index (χ1n) is 3.70. The quantitative estimate of drug-likeness (QED) is 0.676. The summed E-state index contributed by atoms with van der Waals surface area (Å²) in [5.74, 6) is -0.0656. The summed E-state index contributed by atoms with van der Waals surface area (Å²) in [6.07, 6.45) is 1.16. The van der Waals surface area contributed by atoms with Crippen LogP contribution in [0.15, 0.2) is 18.2 Å². The molecule has 1 rings (SSSR count). The zero-order chi connectivity index (χ0) is 10.1. The number of nitrogens with two attached hydrogens (primary N) is 2. The van der Waals surface area contributed by atoms with Crippen molar-refractivity contribution in [3.8, 4) is 0 Å².